The van der Waals surface area contributed by atoms with Gasteiger partial charge in [-0.2, -0.15) is 11.8 Å². The van der Waals surface area contributed by atoms with Crippen LogP contribution >= 0.6 is 39.3 Å². The Morgan fingerprint density at radius 3 is 2.62 bits per heavy atom. The van der Waals surface area contributed by atoms with Crippen LogP contribution in [0.3, 0.4) is 0 Å². The number of phenols is 1. The number of Topliss-reactive ketones (excluding diaryl/α,β-unsaturated/α-hetero) is 1. The van der Waals surface area contributed by atoms with Gasteiger partial charge in [-0.15, -0.1) is 0 Å². The van der Waals surface area contributed by atoms with Crippen molar-refractivity contribution in [2.24, 2.45) is 0 Å². The van der Waals surface area contributed by atoms with E-state index in [1.54, 1.807) is 23.9 Å². The van der Waals surface area contributed by atoms with Crippen molar-refractivity contribution in [1.82, 2.24) is 5.32 Å². The molecular weight excluding hydrogens is 578 g/mol. The Bertz CT molecular complexity index is 1270. The predicted molar refractivity (Wildman–Crippen MR) is 150 cm³/mol. The number of nitrogens with one attached hydrogen (secondary N) is 1. The van der Waals surface area contributed by atoms with Gasteiger partial charge in [0.2, 0.25) is 0 Å². The van der Waals surface area contributed by atoms with Crippen LogP contribution in [0.4, 0.5) is 0 Å². The summed E-state index contributed by atoms with van der Waals surface area (Å²) in [5.74, 6) is 0.656. The highest BCUT2D eigenvalue weighted by Crippen LogP contribution is 2.48. The van der Waals surface area contributed by atoms with Crippen LogP contribution in [-0.4, -0.2) is 42.1 Å². The van der Waals surface area contributed by atoms with Gasteiger partial charge in [0.05, 0.1) is 17.2 Å². The number of esters is 1. The third-order valence-electron chi connectivity index (χ3n) is 6.66. The summed E-state index contributed by atoms with van der Waals surface area (Å²) in [5.41, 5.74) is 4.06. The van der Waals surface area contributed by atoms with Crippen LogP contribution in [0.15, 0.2) is 63.4 Å². The summed E-state index contributed by atoms with van der Waals surface area (Å²) < 4.78 is 11.4. The van der Waals surface area contributed by atoms with Gasteiger partial charge < -0.3 is 19.9 Å². The molecule has 1 aliphatic heterocycles. The molecular formula is C28H29BrClNO5S. The second kappa shape index (κ2) is 12.0. The molecule has 0 aromatic heterocycles. The molecule has 2 N–H and O–H groups in total. The van der Waals surface area contributed by atoms with E-state index in [1.807, 2.05) is 31.2 Å². The fourth-order valence-electron chi connectivity index (χ4n) is 4.95. The van der Waals surface area contributed by atoms with Crippen molar-refractivity contribution in [3.63, 3.8) is 0 Å². The maximum Gasteiger partial charge on any atom is 0.336 e. The fraction of sp³-hybridized carbons (Fsp3) is 0.357. The Balaban J connectivity index is 1.78. The van der Waals surface area contributed by atoms with Gasteiger partial charge in [-0.05, 0) is 76.3 Å². The van der Waals surface area contributed by atoms with Gasteiger partial charge in [0.1, 0.15) is 6.61 Å². The SMILES string of the molecule is CCSCCOC(=O)C1=C(C)NC2=C(C(=O)C[C@@H](c3ccc(Cl)cc3)C2)[C@H]1c1cc(Br)c(O)c(OC)c1. The number of ketones is 1. The summed E-state index contributed by atoms with van der Waals surface area (Å²) in [6.07, 6.45) is 0.923. The molecule has 1 heterocycles. The minimum Gasteiger partial charge on any atom is -0.503 e. The summed E-state index contributed by atoms with van der Waals surface area (Å²) in [6.45, 7) is 4.16. The third kappa shape index (κ3) is 5.86. The molecule has 0 unspecified atom stereocenters. The van der Waals surface area contributed by atoms with E-state index in [0.717, 1.165) is 17.0 Å². The number of hydrogen-bond acceptors (Lipinski definition) is 7. The number of ether oxygens (including phenoxy) is 2. The molecule has 0 amide bonds. The lowest BCUT2D eigenvalue weighted by molar-refractivity contribution is -0.138. The summed E-state index contributed by atoms with van der Waals surface area (Å²) in [7, 11) is 1.46. The van der Waals surface area contributed by atoms with Crippen molar-refractivity contribution < 1.29 is 24.2 Å². The first kappa shape index (κ1) is 27.6. The normalized spacial score (nSPS) is 19.4. The van der Waals surface area contributed by atoms with Crippen molar-refractivity contribution in [3.05, 3.63) is 79.6 Å². The zero-order chi connectivity index (χ0) is 26.7. The van der Waals surface area contributed by atoms with Crippen LogP contribution in [0.2, 0.25) is 5.02 Å². The highest BCUT2D eigenvalue weighted by Gasteiger charge is 2.42. The molecule has 196 valence electrons. The smallest absolute Gasteiger partial charge is 0.336 e. The van der Waals surface area contributed by atoms with Crippen LogP contribution in [0.5, 0.6) is 11.5 Å². The molecule has 37 heavy (non-hydrogen) atoms. The number of thioether (sulfide) groups is 1. The number of hydrogen-bond donors (Lipinski definition) is 2. The van der Waals surface area contributed by atoms with Gasteiger partial charge in [0.15, 0.2) is 17.3 Å². The summed E-state index contributed by atoms with van der Waals surface area (Å²) >= 11 is 11.2. The molecule has 2 aromatic carbocycles. The Hall–Kier alpha value is -2.42. The molecule has 2 aromatic rings. The average molecular weight is 607 g/mol. The number of allylic oxidation sites excluding steroid dienone is 3. The van der Waals surface area contributed by atoms with E-state index in [0.29, 0.717) is 50.5 Å². The average Bonchev–Trinajstić information content (AvgIpc) is 2.87. The number of phenolic OH excluding ortho intramolecular Hbond substituents is 1. The standard InChI is InChI=1S/C28H29BrClNO5S/c1-4-37-10-9-36-28(34)24-15(2)31-21-12-17(16-5-7-19(30)8-6-16)13-22(32)26(21)25(24)18-11-20(29)27(33)23(14-18)35-3/h5-8,11,14,17,25,31,33H,4,9-10,12-13H2,1-3H3/t17-,25-/m0/s1. The maximum atomic E-state index is 13.7. The van der Waals surface area contributed by atoms with Gasteiger partial charge in [-0.1, -0.05) is 30.7 Å². The minimum absolute atomic E-state index is 0.00914. The van der Waals surface area contributed by atoms with Crippen LogP contribution < -0.4 is 10.1 Å². The number of aromatic hydroxyl groups is 1. The molecule has 1 aliphatic carbocycles. The fourth-order valence-corrected chi connectivity index (χ4v) is 6.02. The number of halogens is 2. The topological polar surface area (TPSA) is 84.9 Å². The van der Waals surface area contributed by atoms with Crippen LogP contribution in [-0.2, 0) is 14.3 Å². The zero-order valence-corrected chi connectivity index (χ0v) is 24.1. The van der Waals surface area contributed by atoms with Crippen LogP contribution in [0, 0.1) is 0 Å². The first-order chi connectivity index (χ1) is 17.7. The van der Waals surface area contributed by atoms with E-state index in [2.05, 4.69) is 28.2 Å². The first-order valence-electron chi connectivity index (χ1n) is 12.1. The number of rotatable bonds is 8. The zero-order valence-electron chi connectivity index (χ0n) is 20.9. The van der Waals surface area contributed by atoms with E-state index in [9.17, 15) is 14.7 Å². The van der Waals surface area contributed by atoms with Gasteiger partial charge in [-0.3, -0.25) is 4.79 Å². The molecule has 0 bridgehead atoms. The molecule has 6 nitrogen and oxygen atoms in total. The van der Waals surface area contributed by atoms with Crippen LogP contribution in [0.1, 0.15) is 49.7 Å². The van der Waals surface area contributed by atoms with Crippen molar-refractivity contribution in [2.45, 2.75) is 38.5 Å². The molecule has 0 radical (unpaired) electrons. The molecule has 2 atom stereocenters. The van der Waals surface area contributed by atoms with Gasteiger partial charge >= 0.3 is 5.97 Å². The van der Waals surface area contributed by atoms with E-state index in [4.69, 9.17) is 21.1 Å². The van der Waals surface area contributed by atoms with Crippen molar-refractivity contribution in [1.29, 1.82) is 0 Å². The number of dihydropyridines is 1. The Morgan fingerprint density at radius 2 is 1.95 bits per heavy atom. The van der Waals surface area contributed by atoms with Crippen molar-refractivity contribution >= 4 is 51.0 Å². The third-order valence-corrected chi connectivity index (χ3v) is 8.38. The van der Waals surface area contributed by atoms with E-state index in [1.165, 1.54) is 7.11 Å². The molecule has 0 fully saturated rings. The number of benzene rings is 2. The molecule has 0 saturated carbocycles. The summed E-state index contributed by atoms with van der Waals surface area (Å²) in [6, 6.07) is 11.0. The van der Waals surface area contributed by atoms with Gasteiger partial charge in [0, 0.05) is 40.1 Å². The highest BCUT2D eigenvalue weighted by atomic mass is 79.9. The predicted octanol–water partition coefficient (Wildman–Crippen LogP) is 6.47. The van der Waals surface area contributed by atoms with Gasteiger partial charge in [0.25, 0.3) is 0 Å². The molecule has 0 spiro atoms. The Labute approximate surface area is 234 Å². The van der Waals surface area contributed by atoms with Gasteiger partial charge in [-0.25, -0.2) is 4.79 Å². The maximum absolute atomic E-state index is 13.7. The van der Waals surface area contributed by atoms with Crippen molar-refractivity contribution in [3.8, 4) is 11.5 Å². The number of carbonyl (C=O) groups excluding carboxylic acids is 2. The number of methoxy groups -OCH3 is 1. The van der Waals surface area contributed by atoms with Crippen molar-refractivity contribution in [2.75, 3.05) is 25.2 Å². The summed E-state index contributed by atoms with van der Waals surface area (Å²) in [4.78, 5) is 27.1. The lowest BCUT2D eigenvalue weighted by Crippen LogP contribution is -2.36. The monoisotopic (exact) mass is 605 g/mol. The lowest BCUT2D eigenvalue weighted by Gasteiger charge is -2.37. The molecule has 2 aliphatic rings. The molecule has 9 heteroatoms. The first-order valence-corrected chi connectivity index (χ1v) is 14.4. The Kier molecular flexibility index (Phi) is 8.93. The van der Waals surface area contributed by atoms with E-state index >= 15 is 0 Å². The second-order valence-electron chi connectivity index (χ2n) is 8.96. The lowest BCUT2D eigenvalue weighted by atomic mass is 9.71. The molecule has 4 rings (SSSR count). The number of carbonyl (C=O) groups is 2. The largest absolute Gasteiger partial charge is 0.503 e. The quantitative estimate of drug-likeness (QED) is 0.263. The molecule has 0 saturated heterocycles. The Morgan fingerprint density at radius 1 is 1.22 bits per heavy atom. The second-order valence-corrected chi connectivity index (χ2v) is 11.6. The highest BCUT2D eigenvalue weighted by molar-refractivity contribution is 9.10. The summed E-state index contributed by atoms with van der Waals surface area (Å²) in [5, 5.41) is 14.4. The minimum atomic E-state index is -0.660. The van der Waals surface area contributed by atoms with Crippen LogP contribution in [0.25, 0.3) is 0 Å². The van der Waals surface area contributed by atoms with E-state index < -0.39 is 11.9 Å². The van der Waals surface area contributed by atoms with E-state index in [-0.39, 0.29) is 29.8 Å².